The maximum Gasteiger partial charge on any atom is 0.403 e. The molecular weight excluding hydrogens is 249 g/mol. The highest BCUT2D eigenvalue weighted by atomic mass is 19.4. The van der Waals surface area contributed by atoms with Gasteiger partial charge in [0.1, 0.15) is 0 Å². The average molecular weight is 268 g/mol. The Morgan fingerprint density at radius 3 is 2.39 bits per heavy atom. The molecule has 4 nitrogen and oxygen atoms in total. The molecular formula is C11H19F3N2O2. The number of aliphatic carboxylic acids is 1. The minimum atomic E-state index is -4.69. The largest absolute Gasteiger partial charge is 0.481 e. The van der Waals surface area contributed by atoms with Gasteiger partial charge in [0.05, 0.1) is 0 Å². The van der Waals surface area contributed by atoms with Crippen LogP contribution in [0.15, 0.2) is 0 Å². The van der Waals surface area contributed by atoms with Crippen LogP contribution in [0.5, 0.6) is 0 Å². The van der Waals surface area contributed by atoms with Gasteiger partial charge >= 0.3 is 12.1 Å². The molecule has 1 saturated heterocycles. The molecule has 106 valence electrons. The second-order valence-corrected chi connectivity index (χ2v) is 4.50. The van der Waals surface area contributed by atoms with E-state index in [0.29, 0.717) is 6.54 Å². The van der Waals surface area contributed by atoms with Gasteiger partial charge < -0.3 is 10.4 Å². The van der Waals surface area contributed by atoms with E-state index in [1.54, 1.807) is 11.8 Å². The number of piperidine rings is 1. The van der Waals surface area contributed by atoms with Gasteiger partial charge in [-0.3, -0.25) is 9.69 Å². The van der Waals surface area contributed by atoms with E-state index in [-0.39, 0.29) is 6.04 Å². The van der Waals surface area contributed by atoms with Crippen molar-refractivity contribution in [3.63, 3.8) is 0 Å². The van der Waals surface area contributed by atoms with Gasteiger partial charge in [0, 0.05) is 12.6 Å². The highest BCUT2D eigenvalue weighted by molar-refractivity contribution is 5.71. The molecule has 1 fully saturated rings. The zero-order valence-corrected chi connectivity index (χ0v) is 10.3. The Morgan fingerprint density at radius 2 is 2.00 bits per heavy atom. The summed E-state index contributed by atoms with van der Waals surface area (Å²) < 4.78 is 37.8. The third-order valence-corrected chi connectivity index (χ3v) is 3.34. The monoisotopic (exact) mass is 268 g/mol. The lowest BCUT2D eigenvalue weighted by molar-refractivity contribution is -0.197. The average Bonchev–Trinajstić information content (AvgIpc) is 2.29. The molecule has 2 N–H and O–H groups in total. The molecule has 1 rings (SSSR count). The number of alkyl halides is 3. The number of carboxylic acid groups (broad SMARTS) is 1. The zero-order chi connectivity index (χ0) is 13.8. The fraction of sp³-hybridized carbons (Fsp3) is 0.909. The third kappa shape index (κ3) is 4.13. The fourth-order valence-electron chi connectivity index (χ4n) is 2.26. The van der Waals surface area contributed by atoms with Crippen LogP contribution < -0.4 is 5.32 Å². The van der Waals surface area contributed by atoms with E-state index in [2.05, 4.69) is 5.32 Å². The van der Waals surface area contributed by atoms with E-state index < -0.39 is 24.6 Å². The van der Waals surface area contributed by atoms with Crippen LogP contribution in [0.25, 0.3) is 0 Å². The maximum absolute atomic E-state index is 12.6. The van der Waals surface area contributed by atoms with Crippen molar-refractivity contribution in [1.29, 1.82) is 0 Å². The molecule has 1 aliphatic heterocycles. The second-order valence-electron chi connectivity index (χ2n) is 4.50. The van der Waals surface area contributed by atoms with Crippen LogP contribution in [-0.4, -0.2) is 54.4 Å². The minimum absolute atomic E-state index is 0.0421. The zero-order valence-electron chi connectivity index (χ0n) is 10.3. The highest BCUT2D eigenvalue weighted by Crippen LogP contribution is 2.28. The van der Waals surface area contributed by atoms with E-state index in [4.69, 9.17) is 5.11 Å². The summed E-state index contributed by atoms with van der Waals surface area (Å²) in [6.45, 7) is 3.28. The molecule has 0 saturated carbocycles. The first kappa shape index (κ1) is 15.2. The predicted molar refractivity (Wildman–Crippen MR) is 60.3 cm³/mol. The topological polar surface area (TPSA) is 52.6 Å². The normalized spacial score (nSPS) is 20.1. The Morgan fingerprint density at radius 1 is 1.44 bits per heavy atom. The molecule has 7 heteroatoms. The summed E-state index contributed by atoms with van der Waals surface area (Å²) in [6, 6.07) is 0.0421. The van der Waals surface area contributed by atoms with Crippen LogP contribution in [0.3, 0.4) is 0 Å². The molecule has 0 amide bonds. The molecule has 0 radical (unpaired) electrons. The standard InChI is InChI=1S/C11H19F3N2O2/c1-2-16(8-3-5-15-6-4-8)7-9(10(17)18)11(12,13)14/h8-9,15H,2-7H2,1H3,(H,17,18). The first-order valence-electron chi connectivity index (χ1n) is 6.10. The van der Waals surface area contributed by atoms with Crippen molar-refractivity contribution in [2.75, 3.05) is 26.2 Å². The van der Waals surface area contributed by atoms with Crippen LogP contribution >= 0.6 is 0 Å². The Kier molecular flexibility index (Phi) is 5.40. The predicted octanol–water partition coefficient (Wildman–Crippen LogP) is 1.32. The van der Waals surface area contributed by atoms with Crippen molar-refractivity contribution in [3.05, 3.63) is 0 Å². The van der Waals surface area contributed by atoms with Gasteiger partial charge in [0.25, 0.3) is 0 Å². The summed E-state index contributed by atoms with van der Waals surface area (Å²) in [5.74, 6) is -4.10. The lowest BCUT2D eigenvalue weighted by Gasteiger charge is -2.35. The molecule has 0 aromatic heterocycles. The molecule has 0 spiro atoms. The number of hydrogen-bond acceptors (Lipinski definition) is 3. The molecule has 0 aromatic rings. The van der Waals surface area contributed by atoms with Gasteiger partial charge in [-0.2, -0.15) is 13.2 Å². The molecule has 1 unspecified atom stereocenters. The van der Waals surface area contributed by atoms with Crippen molar-refractivity contribution in [2.24, 2.45) is 5.92 Å². The molecule has 18 heavy (non-hydrogen) atoms. The first-order chi connectivity index (χ1) is 8.36. The van der Waals surface area contributed by atoms with Crippen LogP contribution in [0.4, 0.5) is 13.2 Å². The molecule has 0 aliphatic carbocycles. The summed E-state index contributed by atoms with van der Waals surface area (Å²) in [4.78, 5) is 12.4. The number of carbonyl (C=O) groups is 1. The molecule has 0 bridgehead atoms. The minimum Gasteiger partial charge on any atom is -0.481 e. The Hall–Kier alpha value is -0.820. The number of nitrogens with zero attached hydrogens (tertiary/aromatic N) is 1. The Balaban J connectivity index is 2.67. The van der Waals surface area contributed by atoms with Gasteiger partial charge in [-0.25, -0.2) is 0 Å². The van der Waals surface area contributed by atoms with Gasteiger partial charge in [0.15, 0.2) is 5.92 Å². The van der Waals surface area contributed by atoms with Crippen molar-refractivity contribution < 1.29 is 23.1 Å². The van der Waals surface area contributed by atoms with E-state index in [1.165, 1.54) is 0 Å². The molecule has 1 aliphatic rings. The Bertz CT molecular complexity index is 278. The quantitative estimate of drug-likeness (QED) is 0.789. The third-order valence-electron chi connectivity index (χ3n) is 3.34. The van der Waals surface area contributed by atoms with E-state index >= 15 is 0 Å². The van der Waals surface area contributed by atoms with Gasteiger partial charge in [-0.1, -0.05) is 6.92 Å². The fourth-order valence-corrected chi connectivity index (χ4v) is 2.26. The number of rotatable bonds is 5. The summed E-state index contributed by atoms with van der Waals surface area (Å²) >= 11 is 0. The maximum atomic E-state index is 12.6. The number of carboxylic acids is 1. The lowest BCUT2D eigenvalue weighted by Crippen LogP contribution is -2.48. The summed E-state index contributed by atoms with van der Waals surface area (Å²) in [7, 11) is 0. The lowest BCUT2D eigenvalue weighted by atomic mass is 10.0. The molecule has 1 heterocycles. The van der Waals surface area contributed by atoms with Crippen LogP contribution in [0, 0.1) is 5.92 Å². The SMILES string of the molecule is CCN(CC(C(=O)O)C(F)(F)F)C1CCNCC1. The van der Waals surface area contributed by atoms with Gasteiger partial charge in [0.2, 0.25) is 0 Å². The van der Waals surface area contributed by atoms with E-state index in [9.17, 15) is 18.0 Å². The first-order valence-corrected chi connectivity index (χ1v) is 6.10. The number of halogens is 3. The van der Waals surface area contributed by atoms with Crippen LogP contribution in [-0.2, 0) is 4.79 Å². The Labute approximate surface area is 104 Å². The summed E-state index contributed by atoms with van der Waals surface area (Å²) in [5.41, 5.74) is 0. The smallest absolute Gasteiger partial charge is 0.403 e. The van der Waals surface area contributed by atoms with E-state index in [0.717, 1.165) is 25.9 Å². The van der Waals surface area contributed by atoms with Gasteiger partial charge in [-0.05, 0) is 32.5 Å². The van der Waals surface area contributed by atoms with Crippen LogP contribution in [0.2, 0.25) is 0 Å². The number of hydrogen-bond donors (Lipinski definition) is 2. The molecule has 1 atom stereocenters. The van der Waals surface area contributed by atoms with Crippen molar-refractivity contribution in [3.8, 4) is 0 Å². The van der Waals surface area contributed by atoms with Gasteiger partial charge in [-0.15, -0.1) is 0 Å². The summed E-state index contributed by atoms with van der Waals surface area (Å²) in [6.07, 6.45) is -3.16. The van der Waals surface area contributed by atoms with Crippen molar-refractivity contribution in [2.45, 2.75) is 32.0 Å². The number of nitrogens with one attached hydrogen (secondary N) is 1. The van der Waals surface area contributed by atoms with Crippen molar-refractivity contribution in [1.82, 2.24) is 10.2 Å². The van der Waals surface area contributed by atoms with Crippen LogP contribution in [0.1, 0.15) is 19.8 Å². The highest BCUT2D eigenvalue weighted by Gasteiger charge is 2.46. The second kappa shape index (κ2) is 6.38. The van der Waals surface area contributed by atoms with Crippen molar-refractivity contribution >= 4 is 5.97 Å². The molecule has 0 aromatic carbocycles. The van der Waals surface area contributed by atoms with E-state index in [1.807, 2.05) is 0 Å². The summed E-state index contributed by atoms with van der Waals surface area (Å²) in [5, 5.41) is 11.8.